The summed E-state index contributed by atoms with van der Waals surface area (Å²) in [4.78, 5) is 22.9. The van der Waals surface area contributed by atoms with Crippen molar-refractivity contribution in [2.75, 3.05) is 6.54 Å². The highest BCUT2D eigenvalue weighted by molar-refractivity contribution is 5.48. The smallest absolute Gasteiger partial charge is 0.233 e. The van der Waals surface area contributed by atoms with E-state index in [0.717, 1.165) is 19.3 Å². The largest absolute Gasteiger partial charge is 0.332 e. The van der Waals surface area contributed by atoms with E-state index in [-0.39, 0.29) is 11.0 Å². The first-order valence-electron chi connectivity index (χ1n) is 5.16. The first-order valence-corrected chi connectivity index (χ1v) is 5.16. The SMILES string of the molecule is C=CCN(C=O)[C@@H]1CCCC[C@@H]1[N+](=O)[O-]. The monoisotopic (exact) mass is 212 g/mol. The molecule has 84 valence electrons. The van der Waals surface area contributed by atoms with E-state index in [2.05, 4.69) is 6.58 Å². The molecule has 1 amide bonds. The van der Waals surface area contributed by atoms with Crippen molar-refractivity contribution in [3.63, 3.8) is 0 Å². The number of amides is 1. The Balaban J connectivity index is 2.72. The summed E-state index contributed by atoms with van der Waals surface area (Å²) in [5, 5.41) is 10.8. The van der Waals surface area contributed by atoms with E-state index in [1.807, 2.05) is 0 Å². The maximum absolute atomic E-state index is 10.8. The van der Waals surface area contributed by atoms with Gasteiger partial charge >= 0.3 is 0 Å². The fraction of sp³-hybridized carbons (Fsp3) is 0.700. The topological polar surface area (TPSA) is 63.5 Å². The second-order valence-corrected chi connectivity index (χ2v) is 3.80. The van der Waals surface area contributed by atoms with Crippen LogP contribution in [0.1, 0.15) is 25.7 Å². The van der Waals surface area contributed by atoms with Crippen LogP contribution in [0.2, 0.25) is 0 Å². The van der Waals surface area contributed by atoms with Crippen LogP contribution in [0.3, 0.4) is 0 Å². The third-order valence-electron chi connectivity index (χ3n) is 2.87. The molecule has 0 radical (unpaired) electrons. The molecule has 0 N–H and O–H groups in total. The van der Waals surface area contributed by atoms with Crippen molar-refractivity contribution in [3.8, 4) is 0 Å². The summed E-state index contributed by atoms with van der Waals surface area (Å²) in [6, 6.07) is -0.867. The molecule has 0 aromatic carbocycles. The highest BCUT2D eigenvalue weighted by atomic mass is 16.6. The number of carbonyl (C=O) groups excluding carboxylic acids is 1. The van der Waals surface area contributed by atoms with E-state index >= 15 is 0 Å². The number of carbonyl (C=O) groups is 1. The van der Waals surface area contributed by atoms with E-state index < -0.39 is 6.04 Å². The molecule has 15 heavy (non-hydrogen) atoms. The molecule has 1 saturated carbocycles. The predicted octanol–water partition coefficient (Wildman–Crippen LogP) is 1.22. The van der Waals surface area contributed by atoms with Gasteiger partial charge < -0.3 is 4.90 Å². The van der Waals surface area contributed by atoms with Crippen LogP contribution in [0.5, 0.6) is 0 Å². The predicted molar refractivity (Wildman–Crippen MR) is 56.0 cm³/mol. The molecule has 5 heteroatoms. The summed E-state index contributed by atoms with van der Waals surface area (Å²) in [7, 11) is 0. The van der Waals surface area contributed by atoms with Crippen LogP contribution in [0.15, 0.2) is 12.7 Å². The third-order valence-corrected chi connectivity index (χ3v) is 2.87. The summed E-state index contributed by atoms with van der Waals surface area (Å²) < 4.78 is 0. The highest BCUT2D eigenvalue weighted by Gasteiger charge is 2.37. The lowest BCUT2D eigenvalue weighted by molar-refractivity contribution is -0.532. The van der Waals surface area contributed by atoms with Crippen molar-refractivity contribution in [1.29, 1.82) is 0 Å². The van der Waals surface area contributed by atoms with Gasteiger partial charge in [0.25, 0.3) is 0 Å². The van der Waals surface area contributed by atoms with Gasteiger partial charge in [0.15, 0.2) is 0 Å². The van der Waals surface area contributed by atoms with Crippen LogP contribution in [0, 0.1) is 10.1 Å². The van der Waals surface area contributed by atoms with Crippen molar-refractivity contribution >= 4 is 6.41 Å². The average molecular weight is 212 g/mol. The Morgan fingerprint density at radius 3 is 2.67 bits per heavy atom. The Kier molecular flexibility index (Phi) is 4.27. The van der Waals surface area contributed by atoms with Crippen LogP contribution < -0.4 is 0 Å². The Bertz CT molecular complexity index is 255. The van der Waals surface area contributed by atoms with Gasteiger partial charge in [-0.05, 0) is 12.8 Å². The number of nitro groups is 1. The molecular weight excluding hydrogens is 196 g/mol. The Morgan fingerprint density at radius 1 is 1.47 bits per heavy atom. The van der Waals surface area contributed by atoms with Crippen LogP contribution in [-0.2, 0) is 4.79 Å². The zero-order valence-electron chi connectivity index (χ0n) is 8.67. The second kappa shape index (κ2) is 5.48. The molecular formula is C10H16N2O3. The molecule has 0 unspecified atom stereocenters. The lowest BCUT2D eigenvalue weighted by Gasteiger charge is -2.32. The van der Waals surface area contributed by atoms with Gasteiger partial charge in [-0.2, -0.15) is 0 Å². The van der Waals surface area contributed by atoms with E-state index in [1.165, 1.54) is 4.90 Å². The van der Waals surface area contributed by atoms with E-state index in [9.17, 15) is 14.9 Å². The molecule has 0 spiro atoms. The molecule has 0 saturated heterocycles. The summed E-state index contributed by atoms with van der Waals surface area (Å²) in [5.41, 5.74) is 0. The van der Waals surface area contributed by atoms with Gasteiger partial charge in [0, 0.05) is 17.9 Å². The van der Waals surface area contributed by atoms with Gasteiger partial charge in [-0.3, -0.25) is 14.9 Å². The number of nitrogens with zero attached hydrogens (tertiary/aromatic N) is 2. The third kappa shape index (κ3) is 2.78. The van der Waals surface area contributed by atoms with Gasteiger partial charge in [-0.15, -0.1) is 6.58 Å². The molecule has 1 fully saturated rings. The first kappa shape index (κ1) is 11.7. The quantitative estimate of drug-likeness (QED) is 0.298. The van der Waals surface area contributed by atoms with Crippen molar-refractivity contribution in [2.45, 2.75) is 37.8 Å². The Morgan fingerprint density at radius 2 is 2.13 bits per heavy atom. The van der Waals surface area contributed by atoms with Crippen molar-refractivity contribution in [3.05, 3.63) is 22.8 Å². The second-order valence-electron chi connectivity index (χ2n) is 3.80. The normalized spacial score (nSPS) is 25.6. The number of rotatable bonds is 5. The fourth-order valence-corrected chi connectivity index (χ4v) is 2.13. The van der Waals surface area contributed by atoms with Crippen LogP contribution >= 0.6 is 0 Å². The van der Waals surface area contributed by atoms with E-state index in [0.29, 0.717) is 19.4 Å². The van der Waals surface area contributed by atoms with Gasteiger partial charge in [-0.25, -0.2) is 0 Å². The van der Waals surface area contributed by atoms with Crippen LogP contribution in [0.25, 0.3) is 0 Å². The molecule has 0 bridgehead atoms. The number of hydrogen-bond donors (Lipinski definition) is 0. The summed E-state index contributed by atoms with van der Waals surface area (Å²) >= 11 is 0. The number of hydrogen-bond acceptors (Lipinski definition) is 3. The lowest BCUT2D eigenvalue weighted by Crippen LogP contribution is -2.48. The fourth-order valence-electron chi connectivity index (χ4n) is 2.13. The molecule has 0 aromatic rings. The molecule has 0 aliphatic heterocycles. The molecule has 0 aromatic heterocycles. The molecule has 1 aliphatic rings. The molecule has 5 nitrogen and oxygen atoms in total. The summed E-state index contributed by atoms with van der Waals surface area (Å²) in [5.74, 6) is 0. The van der Waals surface area contributed by atoms with E-state index in [1.54, 1.807) is 6.08 Å². The van der Waals surface area contributed by atoms with Crippen molar-refractivity contribution < 1.29 is 9.72 Å². The zero-order chi connectivity index (χ0) is 11.3. The summed E-state index contributed by atoms with van der Waals surface area (Å²) in [6.07, 6.45) is 5.41. The van der Waals surface area contributed by atoms with Gasteiger partial charge in [0.1, 0.15) is 0 Å². The summed E-state index contributed by atoms with van der Waals surface area (Å²) in [6.45, 7) is 3.93. The molecule has 0 heterocycles. The van der Waals surface area contributed by atoms with Crippen LogP contribution in [0.4, 0.5) is 0 Å². The van der Waals surface area contributed by atoms with Crippen molar-refractivity contribution in [1.82, 2.24) is 4.90 Å². The minimum atomic E-state index is -0.608. The Hall–Kier alpha value is -1.39. The first-order chi connectivity index (χ1) is 7.20. The Labute approximate surface area is 88.9 Å². The molecule has 2 atom stereocenters. The lowest BCUT2D eigenvalue weighted by atomic mass is 9.90. The highest BCUT2D eigenvalue weighted by Crippen LogP contribution is 2.24. The average Bonchev–Trinajstić information content (AvgIpc) is 2.26. The maximum Gasteiger partial charge on any atom is 0.233 e. The molecule has 1 rings (SSSR count). The van der Waals surface area contributed by atoms with E-state index in [4.69, 9.17) is 0 Å². The maximum atomic E-state index is 10.8. The molecule has 1 aliphatic carbocycles. The van der Waals surface area contributed by atoms with Gasteiger partial charge in [0.2, 0.25) is 12.5 Å². The van der Waals surface area contributed by atoms with Crippen LogP contribution in [-0.4, -0.2) is 34.9 Å². The van der Waals surface area contributed by atoms with Gasteiger partial charge in [0.05, 0.1) is 6.04 Å². The standard InChI is InChI=1S/C10H16N2O3/c1-2-7-11(8-13)9-5-3-4-6-10(9)12(14)15/h2,8-10H,1,3-7H2/t9-,10+/m1/s1. The van der Waals surface area contributed by atoms with Gasteiger partial charge in [-0.1, -0.05) is 12.5 Å². The minimum Gasteiger partial charge on any atom is -0.332 e. The van der Waals surface area contributed by atoms with Crippen molar-refractivity contribution in [2.24, 2.45) is 0 Å². The zero-order valence-corrected chi connectivity index (χ0v) is 8.67. The minimum absolute atomic E-state index is 0.260.